The highest BCUT2D eigenvalue weighted by Crippen LogP contribution is 2.39. The maximum Gasteiger partial charge on any atom is 0.232 e. The SMILES string of the molecule is COc1c(Nc2nc(NC3CC3)n3ncc(C#N)c3n2)cc(C#N)cc1N1CCN(CC(N)=O)CC1. The third-order valence-electron chi connectivity index (χ3n) is 6.14. The van der Waals surface area contributed by atoms with Crippen molar-refractivity contribution in [3.05, 3.63) is 29.5 Å². The molecule has 1 aliphatic heterocycles. The number of ether oxygens (including phenoxy) is 1. The molecule has 0 radical (unpaired) electrons. The average Bonchev–Trinajstić information content (AvgIpc) is 3.59. The summed E-state index contributed by atoms with van der Waals surface area (Å²) in [4.78, 5) is 24.5. The normalized spacial score (nSPS) is 15.8. The van der Waals surface area contributed by atoms with E-state index in [0.29, 0.717) is 66.4 Å². The predicted molar refractivity (Wildman–Crippen MR) is 131 cm³/mol. The first-order valence-corrected chi connectivity index (χ1v) is 11.6. The van der Waals surface area contributed by atoms with Crippen molar-refractivity contribution in [3.63, 3.8) is 0 Å². The number of aromatic nitrogens is 4. The van der Waals surface area contributed by atoms with Crippen molar-refractivity contribution in [2.75, 3.05) is 55.4 Å². The van der Waals surface area contributed by atoms with Gasteiger partial charge in [-0.15, -0.1) is 0 Å². The molecular formula is C23H25N11O2. The van der Waals surface area contributed by atoms with Crippen molar-refractivity contribution in [2.45, 2.75) is 18.9 Å². The van der Waals surface area contributed by atoms with E-state index in [0.717, 1.165) is 18.5 Å². The summed E-state index contributed by atoms with van der Waals surface area (Å²) < 4.78 is 7.29. The first-order chi connectivity index (χ1) is 17.5. The van der Waals surface area contributed by atoms with Crippen LogP contribution in [-0.2, 0) is 4.79 Å². The van der Waals surface area contributed by atoms with E-state index in [4.69, 9.17) is 10.5 Å². The number of carbonyl (C=O) groups excluding carboxylic acids is 1. The van der Waals surface area contributed by atoms with Crippen LogP contribution >= 0.6 is 0 Å². The van der Waals surface area contributed by atoms with Gasteiger partial charge in [-0.3, -0.25) is 9.69 Å². The lowest BCUT2D eigenvalue weighted by Gasteiger charge is -2.36. The van der Waals surface area contributed by atoms with Gasteiger partial charge < -0.3 is 26.0 Å². The van der Waals surface area contributed by atoms with Gasteiger partial charge in [-0.05, 0) is 25.0 Å². The van der Waals surface area contributed by atoms with Crippen molar-refractivity contribution in [1.82, 2.24) is 24.5 Å². The minimum Gasteiger partial charge on any atom is -0.492 e. The molecule has 0 unspecified atom stereocenters. The number of nitriles is 2. The van der Waals surface area contributed by atoms with E-state index in [1.807, 2.05) is 4.90 Å². The monoisotopic (exact) mass is 487 g/mol. The van der Waals surface area contributed by atoms with Crippen LogP contribution in [0.15, 0.2) is 18.3 Å². The fourth-order valence-corrected chi connectivity index (χ4v) is 4.22. The summed E-state index contributed by atoms with van der Waals surface area (Å²) in [5, 5.41) is 30.0. The number of amides is 1. The molecule has 5 rings (SSSR count). The van der Waals surface area contributed by atoms with E-state index >= 15 is 0 Å². The molecule has 0 spiro atoms. The Balaban J connectivity index is 1.49. The van der Waals surface area contributed by atoms with E-state index in [-0.39, 0.29) is 18.4 Å². The Morgan fingerprint density at radius 3 is 2.61 bits per heavy atom. The molecule has 3 aromatic rings. The zero-order valence-corrected chi connectivity index (χ0v) is 19.7. The molecule has 1 saturated carbocycles. The minimum absolute atomic E-state index is 0.215. The van der Waals surface area contributed by atoms with Gasteiger partial charge in [0, 0.05) is 32.2 Å². The first kappa shape index (κ1) is 23.1. The number of primary amides is 1. The summed E-state index contributed by atoms with van der Waals surface area (Å²) in [5.41, 5.74) is 7.74. The molecule has 13 heteroatoms. The van der Waals surface area contributed by atoms with Crippen molar-refractivity contribution >= 4 is 34.8 Å². The fraction of sp³-hybridized carbons (Fsp3) is 0.391. The summed E-state index contributed by atoms with van der Waals surface area (Å²) in [7, 11) is 1.56. The van der Waals surface area contributed by atoms with Crippen molar-refractivity contribution < 1.29 is 9.53 Å². The Morgan fingerprint density at radius 1 is 1.19 bits per heavy atom. The third-order valence-corrected chi connectivity index (χ3v) is 6.14. The third kappa shape index (κ3) is 4.64. The highest BCUT2D eigenvalue weighted by atomic mass is 16.5. The van der Waals surface area contributed by atoms with E-state index in [1.54, 1.807) is 19.2 Å². The Morgan fingerprint density at radius 2 is 1.97 bits per heavy atom. The lowest BCUT2D eigenvalue weighted by atomic mass is 10.1. The second-order valence-corrected chi connectivity index (χ2v) is 8.74. The van der Waals surface area contributed by atoms with Gasteiger partial charge in [0.05, 0.1) is 42.9 Å². The molecule has 2 aliphatic rings. The Kier molecular flexibility index (Phi) is 6.14. The number of piperazine rings is 1. The Bertz CT molecular complexity index is 1390. The Labute approximate surface area is 207 Å². The molecule has 0 bridgehead atoms. The van der Waals surface area contributed by atoms with Crippen LogP contribution in [0.25, 0.3) is 5.65 Å². The van der Waals surface area contributed by atoms with Crippen LogP contribution in [0.1, 0.15) is 24.0 Å². The summed E-state index contributed by atoms with van der Waals surface area (Å²) in [5.74, 6) is 0.900. The first-order valence-electron chi connectivity index (χ1n) is 11.6. The van der Waals surface area contributed by atoms with Crippen LogP contribution in [0.4, 0.5) is 23.3 Å². The number of methoxy groups -OCH3 is 1. The smallest absolute Gasteiger partial charge is 0.232 e. The summed E-state index contributed by atoms with van der Waals surface area (Å²) in [6, 6.07) is 8.08. The molecule has 1 saturated heterocycles. The Hall–Kier alpha value is -4.62. The lowest BCUT2D eigenvalue weighted by Crippen LogP contribution is -2.49. The van der Waals surface area contributed by atoms with Crippen LogP contribution in [0.5, 0.6) is 5.75 Å². The average molecular weight is 488 g/mol. The van der Waals surface area contributed by atoms with E-state index in [2.05, 4.69) is 42.7 Å². The number of anilines is 4. The quantitative estimate of drug-likeness (QED) is 0.410. The number of nitrogens with two attached hydrogens (primary N) is 1. The van der Waals surface area contributed by atoms with Crippen LogP contribution in [0.2, 0.25) is 0 Å². The number of carbonyl (C=O) groups is 1. The van der Waals surface area contributed by atoms with Crippen LogP contribution in [-0.4, -0.2) is 76.3 Å². The van der Waals surface area contributed by atoms with Crippen molar-refractivity contribution in [2.24, 2.45) is 5.73 Å². The number of nitrogens with zero attached hydrogens (tertiary/aromatic N) is 8. The molecule has 0 atom stereocenters. The number of nitrogens with one attached hydrogen (secondary N) is 2. The molecule has 1 aliphatic carbocycles. The molecule has 2 aromatic heterocycles. The van der Waals surface area contributed by atoms with E-state index in [1.165, 1.54) is 10.7 Å². The van der Waals surface area contributed by atoms with Gasteiger partial charge in [-0.2, -0.15) is 30.1 Å². The van der Waals surface area contributed by atoms with Crippen LogP contribution in [0, 0.1) is 22.7 Å². The summed E-state index contributed by atoms with van der Waals surface area (Å²) >= 11 is 0. The fourth-order valence-electron chi connectivity index (χ4n) is 4.22. The van der Waals surface area contributed by atoms with Gasteiger partial charge in [0.15, 0.2) is 11.4 Å². The number of rotatable bonds is 8. The van der Waals surface area contributed by atoms with Gasteiger partial charge >= 0.3 is 0 Å². The van der Waals surface area contributed by atoms with Gasteiger partial charge in [0.25, 0.3) is 0 Å². The van der Waals surface area contributed by atoms with Gasteiger partial charge in [-0.1, -0.05) is 0 Å². The second kappa shape index (κ2) is 9.56. The maximum atomic E-state index is 11.3. The molecule has 36 heavy (non-hydrogen) atoms. The molecular weight excluding hydrogens is 462 g/mol. The van der Waals surface area contributed by atoms with Gasteiger partial charge in [-0.25, -0.2) is 0 Å². The molecule has 2 fully saturated rings. The second-order valence-electron chi connectivity index (χ2n) is 8.74. The van der Waals surface area contributed by atoms with E-state index in [9.17, 15) is 15.3 Å². The zero-order chi connectivity index (χ0) is 25.2. The molecule has 3 heterocycles. The standard InChI is InChI=1S/C23H25N11O2/c1-36-20-17(8-14(10-24)9-18(20)33-6-4-32(5-7-33)13-19(26)35)29-22-30-21-15(11-25)12-27-34(21)23(31-22)28-16-2-3-16/h8-9,12,16H,2-7,13H2,1H3,(H2,26,35)(H2,28,29,30,31). The molecule has 4 N–H and O–H groups in total. The van der Waals surface area contributed by atoms with Gasteiger partial charge in [0.2, 0.25) is 17.8 Å². The largest absolute Gasteiger partial charge is 0.492 e. The zero-order valence-electron chi connectivity index (χ0n) is 19.7. The number of hydrogen-bond donors (Lipinski definition) is 3. The van der Waals surface area contributed by atoms with Crippen LogP contribution < -0.4 is 26.0 Å². The molecule has 1 amide bonds. The topological polar surface area (TPSA) is 174 Å². The van der Waals surface area contributed by atoms with Crippen molar-refractivity contribution in [1.29, 1.82) is 10.5 Å². The van der Waals surface area contributed by atoms with Crippen molar-refractivity contribution in [3.8, 4) is 17.9 Å². The molecule has 184 valence electrons. The highest BCUT2D eigenvalue weighted by molar-refractivity contribution is 5.78. The minimum atomic E-state index is -0.357. The number of hydrogen-bond acceptors (Lipinski definition) is 11. The van der Waals surface area contributed by atoms with Crippen LogP contribution in [0.3, 0.4) is 0 Å². The number of fused-ring (bicyclic) bond motifs is 1. The highest BCUT2D eigenvalue weighted by Gasteiger charge is 2.26. The maximum absolute atomic E-state index is 11.3. The predicted octanol–water partition coefficient (Wildman–Crippen LogP) is 0.801. The molecule has 1 aromatic carbocycles. The summed E-state index contributed by atoms with van der Waals surface area (Å²) in [6.07, 6.45) is 3.53. The van der Waals surface area contributed by atoms with Gasteiger partial charge in [0.1, 0.15) is 11.6 Å². The lowest BCUT2D eigenvalue weighted by molar-refractivity contribution is -0.119. The van der Waals surface area contributed by atoms with E-state index < -0.39 is 0 Å². The number of benzene rings is 1. The summed E-state index contributed by atoms with van der Waals surface area (Å²) in [6.45, 7) is 2.79. The molecule has 13 nitrogen and oxygen atoms in total.